The van der Waals surface area contributed by atoms with Crippen molar-refractivity contribution in [3.05, 3.63) is 0 Å². The van der Waals surface area contributed by atoms with Crippen LogP contribution in [0.1, 0.15) is 6.92 Å². The molecule has 0 amide bonds. The molecule has 8 N–H and O–H groups in total. The van der Waals surface area contributed by atoms with Crippen molar-refractivity contribution in [2.24, 2.45) is 0 Å². The first-order valence-electron chi connectivity index (χ1n) is 6.06. The molecule has 0 aliphatic heterocycles. The molecule has 0 aliphatic carbocycles. The largest absolute Gasteiger partial charge is 2.00 e. The maximum atomic E-state index is 10.9. The number of carbonyl (C=O) groups is 4. The average Bonchev–Trinajstić information content (AvgIpc) is 2.24. The normalized spacial score (nSPS) is 11.8. The third-order valence-corrected chi connectivity index (χ3v) is 2.57. The Morgan fingerprint density at radius 1 is 0.773 bits per heavy atom. The van der Waals surface area contributed by atoms with Crippen LogP contribution in [0.5, 0.6) is 0 Å². The van der Waals surface area contributed by atoms with E-state index in [1.807, 2.05) is 0 Å². The standard InChI is InChI=1S/C11H18N2O8.Mn/c1-7(13(5-10(18)19)6-11(20)21)2-12(3-8(14)15)4-9(16)17;/h7H,2-6H2,1H3,(H,14,15)(H,16,17)(H,18,19)(H,20,21);/q;+2/p+4. The molecule has 0 bridgehead atoms. The molecule has 1 radical (unpaired) electrons. The SMILES string of the molecule is CC(CN(CC(=O)[OH2+])CC(=O)[OH2+])N(CC(=O)[OH2+])CC(=O)[OH2+].[Mn+2]. The fourth-order valence-electron chi connectivity index (χ4n) is 1.82. The second-order valence-corrected chi connectivity index (χ2v) is 4.62. The molecule has 1 unspecified atom stereocenters. The topological polar surface area (TPSA) is 166 Å². The molecule has 0 aromatic rings. The van der Waals surface area contributed by atoms with Crippen molar-refractivity contribution >= 4 is 23.9 Å². The maximum absolute atomic E-state index is 10.9. The first-order chi connectivity index (χ1) is 9.61. The molecule has 10 nitrogen and oxygen atoms in total. The molecule has 125 valence electrons. The van der Waals surface area contributed by atoms with Crippen molar-refractivity contribution in [2.45, 2.75) is 13.0 Å². The van der Waals surface area contributed by atoms with Crippen LogP contribution in [0.3, 0.4) is 0 Å². The van der Waals surface area contributed by atoms with Crippen LogP contribution in [0.4, 0.5) is 0 Å². The quantitative estimate of drug-likeness (QED) is 0.262. The summed E-state index contributed by atoms with van der Waals surface area (Å²) in [5, 5.41) is 27.6. The van der Waals surface area contributed by atoms with Crippen molar-refractivity contribution in [3.8, 4) is 0 Å². The molecule has 11 heteroatoms. The van der Waals surface area contributed by atoms with Gasteiger partial charge in [-0.15, -0.1) is 0 Å². The first kappa shape index (κ1) is 22.6. The molecule has 0 rings (SSSR count). The molecule has 0 fully saturated rings. The summed E-state index contributed by atoms with van der Waals surface area (Å²) in [7, 11) is 0. The second-order valence-electron chi connectivity index (χ2n) is 4.62. The maximum Gasteiger partial charge on any atom is 2.00 e. The van der Waals surface area contributed by atoms with Crippen LogP contribution in [0, 0.1) is 0 Å². The number of nitrogens with zero attached hydrogens (tertiary/aromatic N) is 2. The summed E-state index contributed by atoms with van der Waals surface area (Å²) in [6.07, 6.45) is 0. The Labute approximate surface area is 136 Å². The fourth-order valence-corrected chi connectivity index (χ4v) is 1.82. The van der Waals surface area contributed by atoms with Crippen molar-refractivity contribution in [1.82, 2.24) is 9.80 Å². The van der Waals surface area contributed by atoms with Gasteiger partial charge in [-0.05, 0) is 6.92 Å². The van der Waals surface area contributed by atoms with Gasteiger partial charge in [0.1, 0.15) is 0 Å². The minimum absolute atomic E-state index is 0. The van der Waals surface area contributed by atoms with Gasteiger partial charge < -0.3 is 20.4 Å². The van der Waals surface area contributed by atoms with Crippen LogP contribution in [0.25, 0.3) is 0 Å². The third-order valence-electron chi connectivity index (χ3n) is 2.57. The Kier molecular flexibility index (Phi) is 11.3. The van der Waals surface area contributed by atoms with Gasteiger partial charge in [-0.25, -0.2) is 0 Å². The van der Waals surface area contributed by atoms with E-state index in [4.69, 9.17) is 20.4 Å². The van der Waals surface area contributed by atoms with Gasteiger partial charge in [-0.2, -0.15) is 0 Å². The van der Waals surface area contributed by atoms with Gasteiger partial charge in [0.2, 0.25) is 0 Å². The summed E-state index contributed by atoms with van der Waals surface area (Å²) in [6.45, 7) is 0.225. The molecule has 22 heavy (non-hydrogen) atoms. The van der Waals surface area contributed by atoms with Crippen molar-refractivity contribution in [1.29, 1.82) is 0 Å². The molecule has 1 atom stereocenters. The zero-order chi connectivity index (χ0) is 16.6. The van der Waals surface area contributed by atoms with Gasteiger partial charge in [-0.3, -0.25) is 9.80 Å². The number of hydrogen-bond donors (Lipinski definition) is 0. The minimum Gasteiger partial charge on any atom is -0.564 e. The van der Waals surface area contributed by atoms with E-state index in [2.05, 4.69) is 0 Å². The van der Waals surface area contributed by atoms with E-state index >= 15 is 0 Å². The predicted octanol–water partition coefficient (Wildman–Crippen LogP) is -5.02. The van der Waals surface area contributed by atoms with E-state index in [0.29, 0.717) is 0 Å². The number of carbonyl (C=O) groups excluding carboxylic acids is 4. The summed E-state index contributed by atoms with van der Waals surface area (Å²) in [6, 6.07) is -0.507. The van der Waals surface area contributed by atoms with Crippen LogP contribution in [0.2, 0.25) is 0 Å². The van der Waals surface area contributed by atoms with E-state index in [9.17, 15) is 19.2 Å². The van der Waals surface area contributed by atoms with Crippen LogP contribution in [0.15, 0.2) is 0 Å². The first-order valence-corrected chi connectivity index (χ1v) is 6.06. The predicted molar refractivity (Wildman–Crippen MR) is 72.0 cm³/mol. The van der Waals surface area contributed by atoms with Gasteiger partial charge in [-0.1, -0.05) is 0 Å². The zero-order valence-corrected chi connectivity index (χ0v) is 13.2. The number of rotatable bonds is 11. The van der Waals surface area contributed by atoms with E-state index in [1.54, 1.807) is 6.92 Å². The Morgan fingerprint density at radius 2 is 1.09 bits per heavy atom. The van der Waals surface area contributed by atoms with Gasteiger partial charge in [0.05, 0.1) is 0 Å². The monoisotopic (exact) mass is 365 g/mol. The van der Waals surface area contributed by atoms with Crippen molar-refractivity contribution in [3.63, 3.8) is 0 Å². The molecular formula is C11H22MnN2O8+6. The fraction of sp³-hybridized carbons (Fsp3) is 0.636. The van der Waals surface area contributed by atoms with E-state index in [-0.39, 0.29) is 49.8 Å². The average molecular weight is 365 g/mol. The second kappa shape index (κ2) is 11.0. The zero-order valence-electron chi connectivity index (χ0n) is 12.0. The Hall–Kier alpha value is -1.68. The summed E-state index contributed by atoms with van der Waals surface area (Å²) in [5.74, 6) is -3.71. The Bertz CT molecular complexity index is 385. The third kappa shape index (κ3) is 11.0. The Balaban J connectivity index is 0. The smallest absolute Gasteiger partial charge is 0.564 e. The molecule has 0 saturated carbocycles. The van der Waals surface area contributed by atoms with E-state index in [0.717, 1.165) is 0 Å². The summed E-state index contributed by atoms with van der Waals surface area (Å²) >= 11 is 0. The molecule has 0 aromatic heterocycles. The van der Waals surface area contributed by atoms with Gasteiger partial charge in [0.15, 0.2) is 26.2 Å². The van der Waals surface area contributed by atoms with Crippen LogP contribution >= 0.6 is 0 Å². The summed E-state index contributed by atoms with van der Waals surface area (Å²) in [5.41, 5.74) is 0. The van der Waals surface area contributed by atoms with Crippen LogP contribution in [-0.2, 0) is 36.2 Å². The van der Waals surface area contributed by atoms with Crippen molar-refractivity contribution < 1.29 is 56.7 Å². The molecule has 0 spiro atoms. The van der Waals surface area contributed by atoms with Crippen LogP contribution < -0.4 is 0 Å². The molecule has 0 aromatic carbocycles. The molecular weight excluding hydrogens is 343 g/mol. The van der Waals surface area contributed by atoms with Crippen molar-refractivity contribution in [2.75, 3.05) is 32.7 Å². The van der Waals surface area contributed by atoms with Gasteiger partial charge >= 0.3 is 40.9 Å². The molecule has 0 heterocycles. The van der Waals surface area contributed by atoms with E-state index in [1.165, 1.54) is 9.80 Å². The number of hydrogen-bond acceptors (Lipinski definition) is 6. The van der Waals surface area contributed by atoms with Crippen LogP contribution in [-0.4, -0.2) is 92.9 Å². The minimum atomic E-state index is -0.928. The summed E-state index contributed by atoms with van der Waals surface area (Å²) < 4.78 is 0. The summed E-state index contributed by atoms with van der Waals surface area (Å²) in [4.78, 5) is 45.9. The van der Waals surface area contributed by atoms with Gasteiger partial charge in [0.25, 0.3) is 0 Å². The molecule has 0 saturated heterocycles. The molecule has 0 aliphatic rings. The van der Waals surface area contributed by atoms with Gasteiger partial charge in [0, 0.05) is 31.8 Å². The van der Waals surface area contributed by atoms with E-state index < -0.39 is 29.9 Å². The Morgan fingerprint density at radius 3 is 1.36 bits per heavy atom.